The Balaban J connectivity index is 1.53. The first-order valence-corrected chi connectivity index (χ1v) is 8.13. The number of halogens is 1. The second kappa shape index (κ2) is 6.21. The lowest BCUT2D eigenvalue weighted by Gasteiger charge is -2.16. The maximum atomic E-state index is 13.0. The third-order valence-corrected chi connectivity index (χ3v) is 4.45. The molecule has 3 aromatic rings. The summed E-state index contributed by atoms with van der Waals surface area (Å²) < 4.78 is 16.0. The molecule has 4 rings (SSSR count). The number of hydrogen-bond donors (Lipinski definition) is 0. The van der Waals surface area contributed by atoms with Crippen molar-refractivity contribution in [1.82, 2.24) is 24.5 Å². The van der Waals surface area contributed by atoms with Crippen molar-refractivity contribution in [2.75, 3.05) is 0 Å². The number of amides is 1. The Labute approximate surface area is 148 Å². The minimum atomic E-state index is -0.277. The molecule has 0 unspecified atom stereocenters. The van der Waals surface area contributed by atoms with Gasteiger partial charge in [-0.2, -0.15) is 10.2 Å². The molecule has 0 aliphatic carbocycles. The number of hydrogen-bond acceptors (Lipinski definition) is 4. The van der Waals surface area contributed by atoms with Gasteiger partial charge in [-0.05, 0) is 23.8 Å². The molecule has 132 valence electrons. The molecule has 0 atom stereocenters. The van der Waals surface area contributed by atoms with E-state index in [2.05, 4.69) is 10.2 Å². The molecule has 0 saturated heterocycles. The summed E-state index contributed by atoms with van der Waals surface area (Å²) in [5, 5.41) is 8.39. The zero-order chi connectivity index (χ0) is 18.3. The molecule has 0 spiro atoms. The van der Waals surface area contributed by atoms with Crippen LogP contribution in [0.1, 0.15) is 27.3 Å². The van der Waals surface area contributed by atoms with Gasteiger partial charge in [0.2, 0.25) is 0 Å². The number of benzene rings is 1. The van der Waals surface area contributed by atoms with Crippen molar-refractivity contribution in [2.45, 2.75) is 19.6 Å². The molecule has 1 aliphatic heterocycles. The topological polar surface area (TPSA) is 73.0 Å². The fourth-order valence-electron chi connectivity index (χ4n) is 3.03. The van der Waals surface area contributed by atoms with E-state index in [1.54, 1.807) is 23.2 Å². The normalized spacial score (nSPS) is 13.1. The third-order valence-electron chi connectivity index (χ3n) is 4.45. The van der Waals surface area contributed by atoms with E-state index in [1.807, 2.05) is 4.68 Å². The van der Waals surface area contributed by atoms with Gasteiger partial charge in [0, 0.05) is 25.2 Å². The van der Waals surface area contributed by atoms with Gasteiger partial charge in [0.25, 0.3) is 11.5 Å². The largest absolute Gasteiger partial charge is 0.327 e. The Morgan fingerprint density at radius 1 is 1.15 bits per heavy atom. The van der Waals surface area contributed by atoms with Gasteiger partial charge in [-0.3, -0.25) is 14.3 Å². The van der Waals surface area contributed by atoms with Crippen molar-refractivity contribution in [1.29, 1.82) is 0 Å². The van der Waals surface area contributed by atoms with Crippen LogP contribution in [0.4, 0.5) is 4.39 Å². The zero-order valence-electron chi connectivity index (χ0n) is 14.1. The molecule has 0 fully saturated rings. The van der Waals surface area contributed by atoms with E-state index >= 15 is 0 Å². The molecular weight excluding hydrogens is 337 g/mol. The number of aromatic nitrogens is 4. The van der Waals surface area contributed by atoms with Gasteiger partial charge in [-0.15, -0.1) is 0 Å². The first-order chi connectivity index (χ1) is 12.5. The molecule has 1 amide bonds. The first-order valence-electron chi connectivity index (χ1n) is 8.13. The van der Waals surface area contributed by atoms with Gasteiger partial charge >= 0.3 is 0 Å². The quantitative estimate of drug-likeness (QED) is 0.712. The number of rotatable bonds is 3. The van der Waals surface area contributed by atoms with Gasteiger partial charge in [0.15, 0.2) is 0 Å². The molecule has 1 aromatic carbocycles. The van der Waals surface area contributed by atoms with Crippen molar-refractivity contribution >= 4 is 5.91 Å². The Kier molecular flexibility index (Phi) is 3.87. The Morgan fingerprint density at radius 3 is 2.65 bits per heavy atom. The van der Waals surface area contributed by atoms with Gasteiger partial charge in [-0.1, -0.05) is 12.1 Å². The van der Waals surface area contributed by atoms with Crippen LogP contribution >= 0.6 is 0 Å². The van der Waals surface area contributed by atoms with Crippen LogP contribution in [0.15, 0.2) is 47.4 Å². The minimum Gasteiger partial charge on any atom is -0.327 e. The van der Waals surface area contributed by atoms with E-state index in [9.17, 15) is 14.0 Å². The van der Waals surface area contributed by atoms with Crippen LogP contribution in [0, 0.1) is 5.82 Å². The summed E-state index contributed by atoms with van der Waals surface area (Å²) in [7, 11) is 1.51. The lowest BCUT2D eigenvalue weighted by Crippen LogP contribution is -2.30. The number of carbonyl (C=O) groups is 1. The fourth-order valence-corrected chi connectivity index (χ4v) is 3.03. The maximum absolute atomic E-state index is 13.0. The van der Waals surface area contributed by atoms with E-state index in [-0.39, 0.29) is 23.0 Å². The summed E-state index contributed by atoms with van der Waals surface area (Å²) in [6, 6.07) is 9.05. The highest BCUT2D eigenvalue weighted by atomic mass is 19.1. The molecule has 0 N–H and O–H groups in total. The van der Waals surface area contributed by atoms with Gasteiger partial charge in [0.05, 0.1) is 25.0 Å². The Bertz CT molecular complexity index is 1040. The number of carbonyl (C=O) groups excluding carboxylic acids is 1. The summed E-state index contributed by atoms with van der Waals surface area (Å²) in [4.78, 5) is 25.8. The average Bonchev–Trinajstić information content (AvgIpc) is 3.20. The Hall–Kier alpha value is -3.29. The number of aryl methyl sites for hydroxylation is 1. The highest BCUT2D eigenvalue weighted by molar-refractivity contribution is 5.92. The van der Waals surface area contributed by atoms with Crippen LogP contribution < -0.4 is 5.56 Å². The molecule has 3 heterocycles. The van der Waals surface area contributed by atoms with E-state index in [0.717, 1.165) is 21.5 Å². The van der Waals surface area contributed by atoms with Crippen molar-refractivity contribution in [3.8, 4) is 0 Å². The van der Waals surface area contributed by atoms with Gasteiger partial charge in [-0.25, -0.2) is 9.07 Å². The molecule has 0 radical (unpaired) electrons. The summed E-state index contributed by atoms with van der Waals surface area (Å²) in [5.41, 5.74) is 2.83. The third kappa shape index (κ3) is 2.90. The second-order valence-corrected chi connectivity index (χ2v) is 6.24. The lowest BCUT2D eigenvalue weighted by molar-refractivity contribution is 0.0739. The standard InChI is InChI=1S/C18H16FN5O2/c1-22-17(25)7-6-15(21-22)18(26)23-10-13-8-20-24(16(13)11-23)9-12-2-4-14(19)5-3-12/h2-8H,9-11H2,1H3. The molecule has 2 aromatic heterocycles. The molecule has 8 heteroatoms. The lowest BCUT2D eigenvalue weighted by atomic mass is 10.2. The van der Waals surface area contributed by atoms with Crippen LogP contribution in [-0.2, 0) is 26.7 Å². The summed E-state index contributed by atoms with van der Waals surface area (Å²) in [5.74, 6) is -0.508. The number of nitrogens with zero attached hydrogens (tertiary/aromatic N) is 5. The molecule has 26 heavy (non-hydrogen) atoms. The average molecular weight is 353 g/mol. The predicted octanol–water partition coefficient (Wildman–Crippen LogP) is 1.32. The van der Waals surface area contributed by atoms with Crippen LogP contribution in [0.3, 0.4) is 0 Å². The first kappa shape index (κ1) is 16.2. The molecule has 1 aliphatic rings. The van der Waals surface area contributed by atoms with E-state index in [4.69, 9.17) is 0 Å². The van der Waals surface area contributed by atoms with Crippen molar-refractivity contribution in [3.05, 3.63) is 81.3 Å². The number of fused-ring (bicyclic) bond motifs is 1. The molecule has 0 saturated carbocycles. The van der Waals surface area contributed by atoms with Gasteiger partial charge < -0.3 is 4.90 Å². The highest BCUT2D eigenvalue weighted by Crippen LogP contribution is 2.24. The fraction of sp³-hybridized carbons (Fsp3) is 0.222. The van der Waals surface area contributed by atoms with Crippen LogP contribution in [0.5, 0.6) is 0 Å². The minimum absolute atomic E-state index is 0.231. The van der Waals surface area contributed by atoms with Crippen LogP contribution in [-0.4, -0.2) is 30.4 Å². The molecule has 0 bridgehead atoms. The van der Waals surface area contributed by atoms with E-state index < -0.39 is 0 Å². The Morgan fingerprint density at radius 2 is 1.92 bits per heavy atom. The summed E-state index contributed by atoms with van der Waals surface area (Å²) in [6.45, 7) is 1.37. The molecule has 7 nitrogen and oxygen atoms in total. The SMILES string of the molecule is Cn1nc(C(=O)N2Cc3cnn(Cc4ccc(F)cc4)c3C2)ccc1=O. The monoisotopic (exact) mass is 353 g/mol. The van der Waals surface area contributed by atoms with Gasteiger partial charge in [0.1, 0.15) is 11.5 Å². The summed E-state index contributed by atoms with van der Waals surface area (Å²) in [6.07, 6.45) is 1.75. The molecular formula is C18H16FN5O2. The van der Waals surface area contributed by atoms with E-state index in [1.165, 1.54) is 31.3 Å². The predicted molar refractivity (Wildman–Crippen MR) is 90.8 cm³/mol. The maximum Gasteiger partial charge on any atom is 0.274 e. The van der Waals surface area contributed by atoms with Crippen molar-refractivity contribution in [2.24, 2.45) is 7.05 Å². The second-order valence-electron chi connectivity index (χ2n) is 6.24. The zero-order valence-corrected chi connectivity index (χ0v) is 14.1. The van der Waals surface area contributed by atoms with Crippen LogP contribution in [0.25, 0.3) is 0 Å². The van der Waals surface area contributed by atoms with Crippen molar-refractivity contribution < 1.29 is 9.18 Å². The highest BCUT2D eigenvalue weighted by Gasteiger charge is 2.28. The summed E-state index contributed by atoms with van der Waals surface area (Å²) >= 11 is 0. The van der Waals surface area contributed by atoms with E-state index in [0.29, 0.717) is 19.6 Å². The van der Waals surface area contributed by atoms with Crippen LogP contribution in [0.2, 0.25) is 0 Å². The smallest absolute Gasteiger partial charge is 0.274 e. The van der Waals surface area contributed by atoms with Crippen molar-refractivity contribution in [3.63, 3.8) is 0 Å².